The highest BCUT2D eigenvalue weighted by Gasteiger charge is 2.36. The van der Waals surface area contributed by atoms with Gasteiger partial charge in [-0.1, -0.05) is 24.6 Å². The molecule has 4 amide bonds. The molecule has 0 unspecified atom stereocenters. The number of benzene rings is 1. The van der Waals surface area contributed by atoms with Crippen LogP contribution in [0, 0.1) is 0 Å². The quantitative estimate of drug-likeness (QED) is 0.329. The Morgan fingerprint density at radius 2 is 1.65 bits per heavy atom. The molecule has 0 bridgehead atoms. The summed E-state index contributed by atoms with van der Waals surface area (Å²) in [6.45, 7) is 5.16. The molecule has 14 heteroatoms. The van der Waals surface area contributed by atoms with Crippen LogP contribution in [0.4, 0.5) is 16.3 Å². The van der Waals surface area contributed by atoms with Crippen molar-refractivity contribution in [2.24, 2.45) is 0 Å². The van der Waals surface area contributed by atoms with E-state index in [4.69, 9.17) is 11.6 Å². The maximum atomic E-state index is 14.1. The molecule has 7 rings (SSSR count). The first-order valence-electron chi connectivity index (χ1n) is 16.5. The number of aromatic nitrogens is 4. The van der Waals surface area contributed by atoms with E-state index in [-0.39, 0.29) is 35.6 Å². The number of para-hydroxylation sites is 1. The summed E-state index contributed by atoms with van der Waals surface area (Å²) in [7, 11) is 0. The number of aromatic amines is 1. The second-order valence-electron chi connectivity index (χ2n) is 12.8. The lowest BCUT2D eigenvalue weighted by atomic mass is 9.98. The fourth-order valence-electron chi connectivity index (χ4n) is 7.48. The van der Waals surface area contributed by atoms with Crippen molar-refractivity contribution in [2.45, 2.75) is 76.0 Å². The molecule has 13 nitrogen and oxygen atoms in total. The van der Waals surface area contributed by atoms with Gasteiger partial charge in [0.25, 0.3) is 0 Å². The Kier molecular flexibility index (Phi) is 8.94. The molecule has 4 aliphatic heterocycles. The molecule has 0 saturated carbocycles. The van der Waals surface area contributed by atoms with Crippen molar-refractivity contribution in [3.8, 4) is 0 Å². The number of urea groups is 1. The molecule has 2 aromatic heterocycles. The molecule has 244 valence electrons. The summed E-state index contributed by atoms with van der Waals surface area (Å²) < 4.78 is 0. The van der Waals surface area contributed by atoms with Gasteiger partial charge in [0.2, 0.25) is 17.1 Å². The lowest BCUT2D eigenvalue weighted by molar-refractivity contribution is -0.139. The lowest BCUT2D eigenvalue weighted by Gasteiger charge is -2.41. The van der Waals surface area contributed by atoms with Crippen LogP contribution in [-0.2, 0) is 16.1 Å². The van der Waals surface area contributed by atoms with Crippen LogP contribution in [-0.4, -0.2) is 115 Å². The number of H-pyrrole nitrogens is 1. The molecule has 3 fully saturated rings. The van der Waals surface area contributed by atoms with E-state index >= 15 is 0 Å². The Balaban J connectivity index is 1.02. The Labute approximate surface area is 273 Å². The van der Waals surface area contributed by atoms with Crippen molar-refractivity contribution in [2.75, 3.05) is 49.9 Å². The molecular weight excluding hydrogens is 608 g/mol. The van der Waals surface area contributed by atoms with Gasteiger partial charge in [0, 0.05) is 50.5 Å². The van der Waals surface area contributed by atoms with Gasteiger partial charge in [-0.05, 0) is 74.8 Å². The number of nitrogens with zero attached hydrogens (tertiary/aromatic N) is 7. The third-order valence-electron chi connectivity index (χ3n) is 10.0. The number of imidazole rings is 1. The third-order valence-corrected chi connectivity index (χ3v) is 10.2. The van der Waals surface area contributed by atoms with Crippen molar-refractivity contribution in [1.82, 2.24) is 39.5 Å². The number of carbonyl (C=O) groups is 3. The maximum absolute atomic E-state index is 14.1. The van der Waals surface area contributed by atoms with Crippen LogP contribution in [0.15, 0.2) is 30.6 Å². The van der Waals surface area contributed by atoms with Crippen LogP contribution >= 0.6 is 11.6 Å². The van der Waals surface area contributed by atoms with E-state index in [0.29, 0.717) is 68.6 Å². The van der Waals surface area contributed by atoms with E-state index in [1.54, 1.807) is 0 Å². The number of piperidine rings is 3. The minimum absolute atomic E-state index is 0.0190. The van der Waals surface area contributed by atoms with E-state index in [9.17, 15) is 14.4 Å². The second-order valence-corrected chi connectivity index (χ2v) is 13.2. The van der Waals surface area contributed by atoms with Gasteiger partial charge in [0.05, 0.1) is 12.7 Å². The highest BCUT2D eigenvalue weighted by molar-refractivity contribution is 6.28. The van der Waals surface area contributed by atoms with Crippen molar-refractivity contribution in [1.29, 1.82) is 0 Å². The summed E-state index contributed by atoms with van der Waals surface area (Å²) in [5.41, 5.74) is 2.85. The average molecular weight is 649 g/mol. The first-order valence-corrected chi connectivity index (χ1v) is 16.9. The van der Waals surface area contributed by atoms with Crippen molar-refractivity contribution < 1.29 is 14.4 Å². The molecule has 3 aromatic rings. The fourth-order valence-corrected chi connectivity index (χ4v) is 7.65. The summed E-state index contributed by atoms with van der Waals surface area (Å²) in [4.78, 5) is 64.7. The topological polar surface area (TPSA) is 143 Å². The number of anilines is 2. The Morgan fingerprint density at radius 1 is 0.935 bits per heavy atom. The van der Waals surface area contributed by atoms with Crippen LogP contribution < -0.4 is 10.6 Å². The molecule has 46 heavy (non-hydrogen) atoms. The minimum atomic E-state index is -0.841. The zero-order valence-electron chi connectivity index (χ0n) is 26.0. The number of halogens is 1. The molecule has 0 aliphatic carbocycles. The van der Waals surface area contributed by atoms with Gasteiger partial charge >= 0.3 is 6.03 Å². The average Bonchev–Trinajstić information content (AvgIpc) is 3.57. The number of amides is 4. The summed E-state index contributed by atoms with van der Waals surface area (Å²) in [6, 6.07) is 7.43. The van der Waals surface area contributed by atoms with Crippen molar-refractivity contribution in [3.05, 3.63) is 41.4 Å². The normalized spacial score (nSPS) is 20.8. The number of hydrogen-bond acceptors (Lipinski definition) is 8. The number of rotatable bonds is 7. The fraction of sp³-hybridized carbons (Fsp3) is 0.562. The van der Waals surface area contributed by atoms with Crippen molar-refractivity contribution in [3.63, 3.8) is 0 Å². The van der Waals surface area contributed by atoms with Crippen LogP contribution in [0.1, 0.15) is 56.9 Å². The highest BCUT2D eigenvalue weighted by atomic mass is 35.5. The summed E-state index contributed by atoms with van der Waals surface area (Å²) in [5, 5.41) is 6.25. The van der Waals surface area contributed by atoms with Crippen LogP contribution in [0.2, 0.25) is 5.28 Å². The van der Waals surface area contributed by atoms with E-state index in [1.165, 1.54) is 25.6 Å². The van der Waals surface area contributed by atoms with E-state index in [1.807, 2.05) is 39.0 Å². The molecule has 0 spiro atoms. The van der Waals surface area contributed by atoms with Gasteiger partial charge < -0.3 is 35.2 Å². The standard InChI is InChI=1S/C32H41ClN10O3/c33-31-38-28-27(34-20-35-28)29(39-31)36-25(30(45)42-16-8-22(9-17-42)40-12-4-1-5-13-40)18-26(44)41-14-10-23(11-15-41)43-19-21-6-2-3-7-24(21)37-32(43)46/h2-3,6-7,20,22-23,25H,1,4-5,8-19H2,(H,37,46)(H2,34,35,36,38,39)/t25-/m0/s1. The number of fused-ring (bicyclic) bond motifs is 2. The summed E-state index contributed by atoms with van der Waals surface area (Å²) in [6.07, 6.45) is 8.46. The number of likely N-dealkylation sites (tertiary alicyclic amines) is 3. The zero-order chi connectivity index (χ0) is 31.6. The zero-order valence-corrected chi connectivity index (χ0v) is 26.7. The third kappa shape index (κ3) is 6.48. The van der Waals surface area contributed by atoms with Gasteiger partial charge in [-0.15, -0.1) is 0 Å². The molecule has 3 saturated heterocycles. The summed E-state index contributed by atoms with van der Waals surface area (Å²) >= 11 is 6.21. The number of carbonyl (C=O) groups excluding carboxylic acids is 3. The van der Waals surface area contributed by atoms with Gasteiger partial charge in [0.1, 0.15) is 11.6 Å². The first-order chi connectivity index (χ1) is 22.4. The Bertz CT molecular complexity index is 1580. The molecule has 3 N–H and O–H groups in total. The largest absolute Gasteiger partial charge is 0.356 e. The van der Waals surface area contributed by atoms with Gasteiger partial charge in [-0.3, -0.25) is 9.59 Å². The molecule has 4 aliphatic rings. The predicted molar refractivity (Wildman–Crippen MR) is 174 cm³/mol. The monoisotopic (exact) mass is 648 g/mol. The first kappa shape index (κ1) is 30.7. The molecule has 0 radical (unpaired) electrons. The SMILES string of the molecule is O=C(C[C@H](Nc1nc(Cl)nc2[nH]cnc12)C(=O)N1CCC(N2CCCCC2)CC1)N1CCC(N2Cc3ccccc3NC2=O)CC1. The van der Waals surface area contributed by atoms with Crippen molar-refractivity contribution >= 4 is 52.1 Å². The number of hydrogen-bond donors (Lipinski definition) is 3. The molecule has 1 aromatic carbocycles. The van der Waals surface area contributed by atoms with E-state index in [0.717, 1.165) is 37.2 Å². The Morgan fingerprint density at radius 3 is 2.43 bits per heavy atom. The second kappa shape index (κ2) is 13.4. The molecular formula is C32H41ClN10O3. The molecule has 6 heterocycles. The van der Waals surface area contributed by atoms with Crippen LogP contribution in [0.5, 0.6) is 0 Å². The molecule has 1 atom stereocenters. The van der Waals surface area contributed by atoms with E-state index in [2.05, 4.69) is 35.5 Å². The van der Waals surface area contributed by atoms with Gasteiger partial charge in [-0.2, -0.15) is 9.97 Å². The summed E-state index contributed by atoms with van der Waals surface area (Å²) in [5.74, 6) is 0.0856. The highest BCUT2D eigenvalue weighted by Crippen LogP contribution is 2.29. The van der Waals surface area contributed by atoms with Crippen LogP contribution in [0.3, 0.4) is 0 Å². The Hall–Kier alpha value is -3.97. The van der Waals surface area contributed by atoms with Crippen LogP contribution in [0.25, 0.3) is 11.2 Å². The maximum Gasteiger partial charge on any atom is 0.322 e. The van der Waals surface area contributed by atoms with Gasteiger partial charge in [0.15, 0.2) is 11.5 Å². The van der Waals surface area contributed by atoms with E-state index < -0.39 is 6.04 Å². The lowest BCUT2D eigenvalue weighted by Crippen LogP contribution is -2.53. The van der Waals surface area contributed by atoms with Gasteiger partial charge in [-0.25, -0.2) is 9.78 Å². The number of nitrogens with one attached hydrogen (secondary N) is 3. The predicted octanol–water partition coefficient (Wildman–Crippen LogP) is 3.69. The smallest absolute Gasteiger partial charge is 0.322 e. The minimum Gasteiger partial charge on any atom is -0.356 e.